The molecule has 1 heterocycles. The molecule has 2 nitrogen and oxygen atoms in total. The van der Waals surface area contributed by atoms with Gasteiger partial charge in [-0.3, -0.25) is 4.90 Å². The largest absolute Gasteiger partial charge is 0.328 e. The molecule has 1 aromatic rings. The molecule has 0 bridgehead atoms. The van der Waals surface area contributed by atoms with Crippen molar-refractivity contribution in [3.05, 3.63) is 34.3 Å². The van der Waals surface area contributed by atoms with E-state index >= 15 is 0 Å². The van der Waals surface area contributed by atoms with Gasteiger partial charge < -0.3 is 5.73 Å². The maximum Gasteiger partial charge on any atom is 0.0233 e. The molecule has 0 radical (unpaired) electrons. The fourth-order valence-corrected chi connectivity index (χ4v) is 2.22. The zero-order valence-electron chi connectivity index (χ0n) is 9.64. The minimum Gasteiger partial charge on any atom is -0.328 e. The smallest absolute Gasteiger partial charge is 0.0233 e. The molecule has 17 heavy (non-hydrogen) atoms. The van der Waals surface area contributed by atoms with E-state index < -0.39 is 0 Å². The van der Waals surface area contributed by atoms with Crippen molar-refractivity contribution in [2.24, 2.45) is 5.73 Å². The van der Waals surface area contributed by atoms with E-state index in [1.54, 1.807) is 0 Å². The molecule has 0 spiro atoms. The molecular weight excluding hydrogens is 323 g/mol. The molecule has 0 atom stereocenters. The number of benzene rings is 1. The van der Waals surface area contributed by atoms with Crippen LogP contribution in [0.15, 0.2) is 28.7 Å². The number of halogens is 3. The van der Waals surface area contributed by atoms with Gasteiger partial charge in [0, 0.05) is 17.1 Å². The zero-order valence-corrected chi connectivity index (χ0v) is 12.9. The molecule has 1 aromatic carbocycles. The summed E-state index contributed by atoms with van der Waals surface area (Å²) in [5.41, 5.74) is 7.26. The summed E-state index contributed by atoms with van der Waals surface area (Å²) >= 11 is 3.45. The minimum atomic E-state index is 0. The highest BCUT2D eigenvalue weighted by molar-refractivity contribution is 9.10. The quantitative estimate of drug-likeness (QED) is 0.894. The van der Waals surface area contributed by atoms with Crippen molar-refractivity contribution in [2.45, 2.75) is 25.4 Å². The first kappa shape index (κ1) is 17.2. The van der Waals surface area contributed by atoms with Gasteiger partial charge in [-0.05, 0) is 43.6 Å². The molecule has 1 aliphatic rings. The van der Waals surface area contributed by atoms with E-state index in [-0.39, 0.29) is 24.8 Å². The van der Waals surface area contributed by atoms with E-state index in [1.165, 1.54) is 5.56 Å². The molecule has 1 saturated heterocycles. The van der Waals surface area contributed by atoms with Gasteiger partial charge in [0.1, 0.15) is 0 Å². The minimum absolute atomic E-state index is 0. The van der Waals surface area contributed by atoms with E-state index in [1.807, 2.05) is 0 Å². The SMILES string of the molecule is Cl.Cl.NC1CCN(Cc2ccc(Br)cc2)CC1. The predicted molar refractivity (Wildman–Crippen MR) is 81.1 cm³/mol. The van der Waals surface area contributed by atoms with Gasteiger partial charge >= 0.3 is 0 Å². The van der Waals surface area contributed by atoms with E-state index in [0.717, 1.165) is 36.9 Å². The molecule has 2 N–H and O–H groups in total. The molecule has 0 amide bonds. The van der Waals surface area contributed by atoms with Crippen molar-refractivity contribution in [2.75, 3.05) is 13.1 Å². The van der Waals surface area contributed by atoms with Gasteiger partial charge in [-0.25, -0.2) is 0 Å². The van der Waals surface area contributed by atoms with Crippen LogP contribution in [-0.2, 0) is 6.54 Å². The van der Waals surface area contributed by atoms with Gasteiger partial charge in [-0.15, -0.1) is 24.8 Å². The summed E-state index contributed by atoms with van der Waals surface area (Å²) in [5, 5.41) is 0. The molecule has 2 rings (SSSR count). The van der Waals surface area contributed by atoms with Crippen molar-refractivity contribution in [3.8, 4) is 0 Å². The third kappa shape index (κ3) is 5.58. The monoisotopic (exact) mass is 340 g/mol. The Hall–Kier alpha value is 0.200. The Labute approximate surface area is 124 Å². The molecular formula is C12H19BrCl2N2. The second-order valence-electron chi connectivity index (χ2n) is 4.24. The van der Waals surface area contributed by atoms with Gasteiger partial charge in [-0.2, -0.15) is 0 Å². The summed E-state index contributed by atoms with van der Waals surface area (Å²) in [6.07, 6.45) is 2.27. The molecule has 0 saturated carbocycles. The van der Waals surface area contributed by atoms with Gasteiger partial charge in [0.05, 0.1) is 0 Å². The average Bonchev–Trinajstić information content (AvgIpc) is 2.25. The lowest BCUT2D eigenvalue weighted by atomic mass is 10.1. The van der Waals surface area contributed by atoms with Crippen LogP contribution in [0, 0.1) is 0 Å². The van der Waals surface area contributed by atoms with E-state index in [4.69, 9.17) is 5.73 Å². The Morgan fingerprint density at radius 1 is 1.12 bits per heavy atom. The first-order valence-corrected chi connectivity index (χ1v) is 6.26. The lowest BCUT2D eigenvalue weighted by Gasteiger charge is -2.30. The maximum atomic E-state index is 5.88. The number of likely N-dealkylation sites (tertiary alicyclic amines) is 1. The predicted octanol–water partition coefficient (Wildman–Crippen LogP) is 3.22. The normalized spacial score (nSPS) is 17.1. The summed E-state index contributed by atoms with van der Waals surface area (Å²) in [5.74, 6) is 0. The number of hydrogen-bond acceptors (Lipinski definition) is 2. The van der Waals surface area contributed by atoms with Crippen LogP contribution in [0.3, 0.4) is 0 Å². The average molecular weight is 342 g/mol. The Morgan fingerprint density at radius 3 is 2.18 bits per heavy atom. The highest BCUT2D eigenvalue weighted by Crippen LogP contribution is 2.15. The maximum absolute atomic E-state index is 5.88. The standard InChI is InChI=1S/C12H17BrN2.2ClH/c13-11-3-1-10(2-4-11)9-15-7-5-12(14)6-8-15;;/h1-4,12H,5-9,14H2;2*1H. The second kappa shape index (κ2) is 8.33. The van der Waals surface area contributed by atoms with Crippen molar-refractivity contribution >= 4 is 40.7 Å². The van der Waals surface area contributed by atoms with Crippen LogP contribution < -0.4 is 5.73 Å². The van der Waals surface area contributed by atoms with Crippen LogP contribution in [0.1, 0.15) is 18.4 Å². The van der Waals surface area contributed by atoms with Gasteiger partial charge in [0.2, 0.25) is 0 Å². The fraction of sp³-hybridized carbons (Fsp3) is 0.500. The first-order valence-electron chi connectivity index (χ1n) is 5.46. The first-order chi connectivity index (χ1) is 7.24. The number of rotatable bonds is 2. The molecule has 1 fully saturated rings. The molecule has 0 unspecified atom stereocenters. The Balaban J connectivity index is 0.00000128. The highest BCUT2D eigenvalue weighted by atomic mass is 79.9. The summed E-state index contributed by atoms with van der Waals surface area (Å²) in [4.78, 5) is 2.48. The third-order valence-corrected chi connectivity index (χ3v) is 3.48. The van der Waals surface area contributed by atoms with Crippen LogP contribution in [0.2, 0.25) is 0 Å². The number of nitrogens with zero attached hydrogens (tertiary/aromatic N) is 1. The number of hydrogen-bond donors (Lipinski definition) is 1. The highest BCUT2D eigenvalue weighted by Gasteiger charge is 2.15. The van der Waals surface area contributed by atoms with E-state index in [2.05, 4.69) is 45.1 Å². The third-order valence-electron chi connectivity index (χ3n) is 2.95. The molecule has 98 valence electrons. The Kier molecular flexibility index (Phi) is 8.43. The summed E-state index contributed by atoms with van der Waals surface area (Å²) in [7, 11) is 0. The fourth-order valence-electron chi connectivity index (χ4n) is 1.96. The summed E-state index contributed by atoms with van der Waals surface area (Å²) in [6, 6.07) is 8.99. The van der Waals surface area contributed by atoms with E-state index in [0.29, 0.717) is 6.04 Å². The molecule has 0 aromatic heterocycles. The lowest BCUT2D eigenvalue weighted by molar-refractivity contribution is 0.205. The second-order valence-corrected chi connectivity index (χ2v) is 5.16. The van der Waals surface area contributed by atoms with Crippen LogP contribution in [0.4, 0.5) is 0 Å². The molecule has 0 aliphatic carbocycles. The van der Waals surface area contributed by atoms with Gasteiger partial charge in [0.25, 0.3) is 0 Å². The number of piperidine rings is 1. The van der Waals surface area contributed by atoms with Crippen LogP contribution in [0.5, 0.6) is 0 Å². The Bertz CT molecular complexity index is 311. The number of nitrogens with two attached hydrogens (primary N) is 1. The summed E-state index contributed by atoms with van der Waals surface area (Å²) in [6.45, 7) is 3.33. The molecule has 5 heteroatoms. The van der Waals surface area contributed by atoms with Crippen LogP contribution >= 0.6 is 40.7 Å². The van der Waals surface area contributed by atoms with Crippen molar-refractivity contribution < 1.29 is 0 Å². The van der Waals surface area contributed by atoms with Crippen molar-refractivity contribution in [1.29, 1.82) is 0 Å². The topological polar surface area (TPSA) is 29.3 Å². The van der Waals surface area contributed by atoms with Crippen LogP contribution in [-0.4, -0.2) is 24.0 Å². The van der Waals surface area contributed by atoms with Crippen molar-refractivity contribution in [1.82, 2.24) is 4.90 Å². The molecule has 1 aliphatic heterocycles. The van der Waals surface area contributed by atoms with Gasteiger partial charge in [-0.1, -0.05) is 28.1 Å². The van der Waals surface area contributed by atoms with Crippen LogP contribution in [0.25, 0.3) is 0 Å². The van der Waals surface area contributed by atoms with Crippen molar-refractivity contribution in [3.63, 3.8) is 0 Å². The Morgan fingerprint density at radius 2 is 1.65 bits per heavy atom. The summed E-state index contributed by atoms with van der Waals surface area (Å²) < 4.78 is 1.15. The van der Waals surface area contributed by atoms with Gasteiger partial charge in [0.15, 0.2) is 0 Å². The zero-order chi connectivity index (χ0) is 10.7. The lowest BCUT2D eigenvalue weighted by Crippen LogP contribution is -2.39. The van der Waals surface area contributed by atoms with E-state index in [9.17, 15) is 0 Å².